The minimum Gasteiger partial charge on any atom is -0.352 e. The number of amides is 1. The summed E-state index contributed by atoms with van der Waals surface area (Å²) in [5, 5.41) is 7.59. The van der Waals surface area contributed by atoms with E-state index in [2.05, 4.69) is 41.7 Å². The minimum absolute atomic E-state index is 0.0433. The SMILES string of the molecule is C[NH+](C)Cc1ccccc1CNC(=O)CCc1nc(-c2ccc(Cl)cc2)no1. The third-order valence-electron chi connectivity index (χ3n) is 4.27. The second-order valence-electron chi connectivity index (χ2n) is 6.95. The van der Waals surface area contributed by atoms with E-state index in [4.69, 9.17) is 16.1 Å². The zero-order chi connectivity index (χ0) is 19.9. The summed E-state index contributed by atoms with van der Waals surface area (Å²) in [6.45, 7) is 1.43. The maximum Gasteiger partial charge on any atom is 0.227 e. The highest BCUT2D eigenvalue weighted by Gasteiger charge is 2.12. The summed E-state index contributed by atoms with van der Waals surface area (Å²) >= 11 is 5.89. The molecule has 0 saturated carbocycles. The van der Waals surface area contributed by atoms with E-state index >= 15 is 0 Å². The first kappa shape index (κ1) is 20.0. The van der Waals surface area contributed by atoms with Gasteiger partial charge in [0.2, 0.25) is 17.6 Å². The van der Waals surface area contributed by atoms with E-state index in [1.165, 1.54) is 10.5 Å². The minimum atomic E-state index is -0.0433. The molecule has 0 fully saturated rings. The van der Waals surface area contributed by atoms with Gasteiger partial charge in [0.1, 0.15) is 6.54 Å². The average molecular weight is 400 g/mol. The number of nitrogens with one attached hydrogen (secondary N) is 2. The van der Waals surface area contributed by atoms with Crippen LogP contribution in [0.3, 0.4) is 0 Å². The summed E-state index contributed by atoms with van der Waals surface area (Å²) in [6.07, 6.45) is 0.694. The molecule has 3 rings (SSSR count). The molecule has 0 unspecified atom stereocenters. The third kappa shape index (κ3) is 5.65. The maximum atomic E-state index is 12.2. The predicted octanol–water partition coefficient (Wildman–Crippen LogP) is 2.28. The lowest BCUT2D eigenvalue weighted by Gasteiger charge is -2.12. The van der Waals surface area contributed by atoms with Crippen molar-refractivity contribution in [2.75, 3.05) is 14.1 Å². The number of rotatable bonds is 8. The van der Waals surface area contributed by atoms with E-state index in [0.717, 1.165) is 17.7 Å². The van der Waals surface area contributed by atoms with Gasteiger partial charge in [0.25, 0.3) is 0 Å². The van der Waals surface area contributed by atoms with Gasteiger partial charge in [-0.3, -0.25) is 4.79 Å². The fraction of sp³-hybridized carbons (Fsp3) is 0.286. The summed E-state index contributed by atoms with van der Waals surface area (Å²) in [5.74, 6) is 0.891. The number of nitrogens with zero attached hydrogens (tertiary/aromatic N) is 2. The third-order valence-corrected chi connectivity index (χ3v) is 4.53. The molecule has 0 saturated heterocycles. The van der Waals surface area contributed by atoms with E-state index < -0.39 is 0 Å². The lowest BCUT2D eigenvalue weighted by Crippen LogP contribution is -3.04. The zero-order valence-corrected chi connectivity index (χ0v) is 16.8. The largest absolute Gasteiger partial charge is 0.352 e. The van der Waals surface area contributed by atoms with Crippen LogP contribution in [0.4, 0.5) is 0 Å². The van der Waals surface area contributed by atoms with E-state index in [0.29, 0.717) is 36.1 Å². The molecular formula is C21H24ClN4O2+. The molecule has 2 N–H and O–H groups in total. The van der Waals surface area contributed by atoms with Crippen LogP contribution in [0.15, 0.2) is 53.1 Å². The molecule has 1 aromatic heterocycles. The Kier molecular flexibility index (Phi) is 6.79. The van der Waals surface area contributed by atoms with Crippen LogP contribution in [-0.4, -0.2) is 30.1 Å². The van der Waals surface area contributed by atoms with Gasteiger partial charge in [-0.1, -0.05) is 41.0 Å². The Morgan fingerprint density at radius 1 is 1.11 bits per heavy atom. The first-order chi connectivity index (χ1) is 13.5. The molecule has 0 bridgehead atoms. The molecule has 0 atom stereocenters. The Labute approximate surface area is 169 Å². The number of benzene rings is 2. The zero-order valence-electron chi connectivity index (χ0n) is 16.0. The Morgan fingerprint density at radius 3 is 2.54 bits per heavy atom. The van der Waals surface area contributed by atoms with Crippen LogP contribution in [0, 0.1) is 0 Å². The van der Waals surface area contributed by atoms with Crippen molar-refractivity contribution in [3.05, 3.63) is 70.6 Å². The first-order valence-electron chi connectivity index (χ1n) is 9.22. The van der Waals surface area contributed by atoms with Crippen LogP contribution in [0.5, 0.6) is 0 Å². The van der Waals surface area contributed by atoms with Gasteiger partial charge < -0.3 is 14.7 Å². The van der Waals surface area contributed by atoms with Gasteiger partial charge in [0, 0.05) is 35.5 Å². The monoisotopic (exact) mass is 399 g/mol. The molecule has 0 spiro atoms. The van der Waals surface area contributed by atoms with Gasteiger partial charge >= 0.3 is 0 Å². The van der Waals surface area contributed by atoms with Crippen molar-refractivity contribution in [3.63, 3.8) is 0 Å². The number of hydrogen-bond acceptors (Lipinski definition) is 4. The summed E-state index contributed by atoms with van der Waals surface area (Å²) in [7, 11) is 4.22. The Morgan fingerprint density at radius 2 is 1.82 bits per heavy atom. The van der Waals surface area contributed by atoms with Crippen LogP contribution in [-0.2, 0) is 24.3 Å². The quantitative estimate of drug-likeness (QED) is 0.609. The Hall–Kier alpha value is -2.70. The molecule has 1 heterocycles. The summed E-state index contributed by atoms with van der Waals surface area (Å²) < 4.78 is 5.25. The maximum absolute atomic E-state index is 12.2. The van der Waals surface area contributed by atoms with Gasteiger partial charge in [-0.15, -0.1) is 0 Å². The number of aromatic nitrogens is 2. The number of quaternary nitrogens is 1. The van der Waals surface area contributed by atoms with Gasteiger partial charge in [-0.25, -0.2) is 0 Å². The van der Waals surface area contributed by atoms with Crippen LogP contribution >= 0.6 is 11.6 Å². The van der Waals surface area contributed by atoms with E-state index in [1.54, 1.807) is 12.1 Å². The molecule has 7 heteroatoms. The fourth-order valence-electron chi connectivity index (χ4n) is 2.86. The van der Waals surface area contributed by atoms with Crippen LogP contribution in [0.2, 0.25) is 5.02 Å². The lowest BCUT2D eigenvalue weighted by atomic mass is 10.1. The van der Waals surface area contributed by atoms with Crippen LogP contribution in [0.25, 0.3) is 11.4 Å². The van der Waals surface area contributed by atoms with Gasteiger partial charge in [0.05, 0.1) is 14.1 Å². The highest BCUT2D eigenvalue weighted by molar-refractivity contribution is 6.30. The number of aryl methyl sites for hydroxylation is 1. The molecule has 1 amide bonds. The van der Waals surface area contributed by atoms with Gasteiger partial charge in [0.15, 0.2) is 0 Å². The van der Waals surface area contributed by atoms with Crippen molar-refractivity contribution in [2.24, 2.45) is 0 Å². The lowest BCUT2D eigenvalue weighted by molar-refractivity contribution is -0.872. The van der Waals surface area contributed by atoms with E-state index in [9.17, 15) is 4.79 Å². The standard InChI is InChI=1S/C21H23ClN4O2/c1-26(2)14-17-6-4-3-5-16(17)13-23-19(27)11-12-20-24-21(25-28-20)15-7-9-18(22)10-8-15/h3-10H,11-14H2,1-2H3,(H,23,27)/p+1. The average Bonchev–Trinajstić information content (AvgIpc) is 3.15. The van der Waals surface area contributed by atoms with Crippen LogP contribution < -0.4 is 10.2 Å². The van der Waals surface area contributed by atoms with Crippen molar-refractivity contribution in [1.29, 1.82) is 0 Å². The molecule has 0 aliphatic rings. The van der Waals surface area contributed by atoms with Gasteiger partial charge in [-0.2, -0.15) is 4.98 Å². The first-order valence-corrected chi connectivity index (χ1v) is 9.60. The number of halogens is 1. The molecule has 0 radical (unpaired) electrons. The van der Waals surface area contributed by atoms with Crippen molar-refractivity contribution < 1.29 is 14.2 Å². The summed E-state index contributed by atoms with van der Waals surface area (Å²) in [6, 6.07) is 15.4. The Balaban J connectivity index is 1.51. The molecule has 146 valence electrons. The highest BCUT2D eigenvalue weighted by Crippen LogP contribution is 2.19. The van der Waals surface area contributed by atoms with Crippen molar-refractivity contribution in [3.8, 4) is 11.4 Å². The molecule has 6 nitrogen and oxygen atoms in total. The number of carbonyl (C=O) groups is 1. The number of carbonyl (C=O) groups excluding carboxylic acids is 1. The number of hydrogen-bond donors (Lipinski definition) is 2. The predicted molar refractivity (Wildman–Crippen MR) is 108 cm³/mol. The van der Waals surface area contributed by atoms with E-state index in [-0.39, 0.29) is 5.91 Å². The van der Waals surface area contributed by atoms with Crippen molar-refractivity contribution in [1.82, 2.24) is 15.5 Å². The highest BCUT2D eigenvalue weighted by atomic mass is 35.5. The Bertz CT molecular complexity index is 922. The second-order valence-corrected chi connectivity index (χ2v) is 7.38. The summed E-state index contributed by atoms with van der Waals surface area (Å²) in [5.41, 5.74) is 3.20. The van der Waals surface area contributed by atoms with Crippen molar-refractivity contribution >= 4 is 17.5 Å². The van der Waals surface area contributed by atoms with E-state index in [1.807, 2.05) is 24.3 Å². The normalized spacial score (nSPS) is 11.0. The molecular weight excluding hydrogens is 376 g/mol. The molecule has 0 aliphatic heterocycles. The fourth-order valence-corrected chi connectivity index (χ4v) is 2.98. The molecule has 28 heavy (non-hydrogen) atoms. The van der Waals surface area contributed by atoms with Crippen molar-refractivity contribution in [2.45, 2.75) is 25.9 Å². The van der Waals surface area contributed by atoms with Gasteiger partial charge in [-0.05, 0) is 29.8 Å². The second kappa shape index (κ2) is 9.48. The smallest absolute Gasteiger partial charge is 0.227 e. The van der Waals surface area contributed by atoms with Crippen LogP contribution in [0.1, 0.15) is 23.4 Å². The summed E-state index contributed by atoms with van der Waals surface area (Å²) in [4.78, 5) is 17.9. The molecule has 0 aliphatic carbocycles. The molecule has 2 aromatic carbocycles. The topological polar surface area (TPSA) is 72.5 Å². The molecule has 3 aromatic rings.